The van der Waals surface area contributed by atoms with E-state index < -0.39 is 0 Å². The molecule has 0 spiro atoms. The van der Waals surface area contributed by atoms with Crippen LogP contribution in [0.2, 0.25) is 0 Å². The molecule has 0 bridgehead atoms. The summed E-state index contributed by atoms with van der Waals surface area (Å²) in [6.45, 7) is 9.87. The molecule has 11 heavy (non-hydrogen) atoms. The third-order valence-corrected chi connectivity index (χ3v) is 1.34. The SMILES string of the molecule is CC/N=C(/C)CCOC(C)C. The van der Waals surface area contributed by atoms with Crippen LogP contribution in [0.15, 0.2) is 4.99 Å². The van der Waals surface area contributed by atoms with Gasteiger partial charge < -0.3 is 4.74 Å². The standard InChI is InChI=1S/C9H19NO/c1-5-10-9(4)6-7-11-8(2)3/h8H,5-7H2,1-4H3/b10-9-. The van der Waals surface area contributed by atoms with Gasteiger partial charge in [-0.2, -0.15) is 0 Å². The molecule has 0 amide bonds. The zero-order valence-electron chi connectivity index (χ0n) is 8.05. The largest absolute Gasteiger partial charge is 0.378 e. The van der Waals surface area contributed by atoms with Gasteiger partial charge >= 0.3 is 0 Å². The van der Waals surface area contributed by atoms with Gasteiger partial charge in [-0.25, -0.2) is 0 Å². The molecule has 0 atom stereocenters. The van der Waals surface area contributed by atoms with Gasteiger partial charge in [-0.15, -0.1) is 0 Å². The fourth-order valence-corrected chi connectivity index (χ4v) is 0.791. The van der Waals surface area contributed by atoms with Crippen molar-refractivity contribution in [1.29, 1.82) is 0 Å². The first kappa shape index (κ1) is 10.6. The second-order valence-corrected chi connectivity index (χ2v) is 2.88. The average molecular weight is 157 g/mol. The number of rotatable bonds is 5. The van der Waals surface area contributed by atoms with Crippen molar-refractivity contribution >= 4 is 5.71 Å². The minimum atomic E-state index is 0.337. The first-order valence-electron chi connectivity index (χ1n) is 4.28. The highest BCUT2D eigenvalue weighted by Gasteiger charge is 1.94. The zero-order chi connectivity index (χ0) is 8.69. The maximum atomic E-state index is 5.38. The molecule has 0 heterocycles. The quantitative estimate of drug-likeness (QED) is 0.561. The monoisotopic (exact) mass is 157 g/mol. The molecule has 0 aromatic heterocycles. The summed E-state index contributed by atoms with van der Waals surface area (Å²) in [5, 5.41) is 0. The van der Waals surface area contributed by atoms with Crippen LogP contribution >= 0.6 is 0 Å². The van der Waals surface area contributed by atoms with E-state index in [1.807, 2.05) is 27.7 Å². The van der Waals surface area contributed by atoms with Gasteiger partial charge in [0, 0.05) is 18.7 Å². The van der Waals surface area contributed by atoms with Crippen molar-refractivity contribution in [2.75, 3.05) is 13.2 Å². The Balaban J connectivity index is 3.31. The number of hydrogen-bond acceptors (Lipinski definition) is 2. The van der Waals surface area contributed by atoms with Crippen molar-refractivity contribution in [2.45, 2.75) is 40.2 Å². The van der Waals surface area contributed by atoms with Crippen molar-refractivity contribution in [3.8, 4) is 0 Å². The van der Waals surface area contributed by atoms with Crippen LogP contribution in [-0.4, -0.2) is 25.0 Å². The van der Waals surface area contributed by atoms with Crippen molar-refractivity contribution in [3.05, 3.63) is 0 Å². The maximum Gasteiger partial charge on any atom is 0.0521 e. The van der Waals surface area contributed by atoms with Crippen LogP contribution in [-0.2, 0) is 4.74 Å². The second kappa shape index (κ2) is 6.35. The molecule has 0 N–H and O–H groups in total. The highest BCUT2D eigenvalue weighted by atomic mass is 16.5. The van der Waals surface area contributed by atoms with Crippen molar-refractivity contribution in [1.82, 2.24) is 0 Å². The maximum absolute atomic E-state index is 5.38. The van der Waals surface area contributed by atoms with E-state index in [-0.39, 0.29) is 0 Å². The first-order valence-corrected chi connectivity index (χ1v) is 4.28. The molecular weight excluding hydrogens is 138 g/mol. The van der Waals surface area contributed by atoms with Crippen LogP contribution in [0.1, 0.15) is 34.1 Å². The van der Waals surface area contributed by atoms with Crippen LogP contribution < -0.4 is 0 Å². The van der Waals surface area contributed by atoms with E-state index in [1.165, 1.54) is 5.71 Å². The van der Waals surface area contributed by atoms with Crippen LogP contribution in [0.3, 0.4) is 0 Å². The van der Waals surface area contributed by atoms with Crippen LogP contribution in [0.25, 0.3) is 0 Å². The summed E-state index contributed by atoms with van der Waals surface area (Å²) in [4.78, 5) is 4.26. The third-order valence-electron chi connectivity index (χ3n) is 1.34. The zero-order valence-corrected chi connectivity index (χ0v) is 8.05. The van der Waals surface area contributed by atoms with E-state index in [9.17, 15) is 0 Å². The van der Waals surface area contributed by atoms with Crippen molar-refractivity contribution in [3.63, 3.8) is 0 Å². The van der Waals surface area contributed by atoms with Crippen LogP contribution in [0.5, 0.6) is 0 Å². The summed E-state index contributed by atoms with van der Waals surface area (Å²) in [6.07, 6.45) is 1.30. The van der Waals surface area contributed by atoms with Crippen molar-refractivity contribution in [2.24, 2.45) is 4.99 Å². The summed E-state index contributed by atoms with van der Waals surface area (Å²) in [6, 6.07) is 0. The topological polar surface area (TPSA) is 21.6 Å². The Kier molecular flexibility index (Phi) is 6.13. The summed E-state index contributed by atoms with van der Waals surface area (Å²) < 4.78 is 5.38. The van der Waals surface area contributed by atoms with E-state index in [2.05, 4.69) is 4.99 Å². The molecule has 66 valence electrons. The van der Waals surface area contributed by atoms with E-state index >= 15 is 0 Å². The Morgan fingerprint density at radius 3 is 2.55 bits per heavy atom. The Bertz CT molecular complexity index is 119. The lowest BCUT2D eigenvalue weighted by atomic mass is 10.3. The summed E-state index contributed by atoms with van der Waals surface area (Å²) in [5.74, 6) is 0. The molecule has 0 aromatic carbocycles. The molecular formula is C9H19NO. The van der Waals surface area contributed by atoms with Gasteiger partial charge in [-0.3, -0.25) is 4.99 Å². The fourth-order valence-electron chi connectivity index (χ4n) is 0.791. The second-order valence-electron chi connectivity index (χ2n) is 2.88. The number of ether oxygens (including phenoxy) is 1. The number of aliphatic imine (C=N–C) groups is 1. The Morgan fingerprint density at radius 1 is 1.45 bits per heavy atom. The number of hydrogen-bond donors (Lipinski definition) is 0. The minimum absolute atomic E-state index is 0.337. The molecule has 0 aromatic rings. The minimum Gasteiger partial charge on any atom is -0.378 e. The molecule has 2 nitrogen and oxygen atoms in total. The average Bonchev–Trinajstić information content (AvgIpc) is 1.87. The number of nitrogens with zero attached hydrogens (tertiary/aromatic N) is 1. The highest BCUT2D eigenvalue weighted by molar-refractivity contribution is 5.81. The highest BCUT2D eigenvalue weighted by Crippen LogP contribution is 1.92. The molecule has 2 heteroatoms. The van der Waals surface area contributed by atoms with E-state index in [4.69, 9.17) is 4.74 Å². The van der Waals surface area contributed by atoms with Gasteiger partial charge in [0.1, 0.15) is 0 Å². The van der Waals surface area contributed by atoms with Gasteiger partial charge in [-0.1, -0.05) is 0 Å². The summed E-state index contributed by atoms with van der Waals surface area (Å²) in [5.41, 5.74) is 1.19. The van der Waals surface area contributed by atoms with Gasteiger partial charge in [0.25, 0.3) is 0 Å². The van der Waals surface area contributed by atoms with Gasteiger partial charge in [0.2, 0.25) is 0 Å². The molecule has 0 aliphatic rings. The van der Waals surface area contributed by atoms with Gasteiger partial charge in [0.05, 0.1) is 12.7 Å². The normalized spacial score (nSPS) is 12.6. The first-order chi connectivity index (χ1) is 5.16. The molecule has 0 rings (SSSR count). The Labute approximate surface area is 69.7 Å². The van der Waals surface area contributed by atoms with E-state index in [0.717, 1.165) is 19.6 Å². The molecule has 0 saturated heterocycles. The molecule has 0 fully saturated rings. The lowest BCUT2D eigenvalue weighted by Gasteiger charge is -2.06. The Hall–Kier alpha value is -0.370. The fraction of sp³-hybridized carbons (Fsp3) is 0.889. The predicted octanol–water partition coefficient (Wildman–Crippen LogP) is 2.28. The van der Waals surface area contributed by atoms with Gasteiger partial charge in [0.15, 0.2) is 0 Å². The third kappa shape index (κ3) is 7.53. The molecule has 0 aliphatic carbocycles. The molecule has 0 unspecified atom stereocenters. The van der Waals surface area contributed by atoms with Gasteiger partial charge in [-0.05, 0) is 27.7 Å². The smallest absolute Gasteiger partial charge is 0.0521 e. The lowest BCUT2D eigenvalue weighted by molar-refractivity contribution is 0.0845. The van der Waals surface area contributed by atoms with Crippen molar-refractivity contribution < 1.29 is 4.74 Å². The Morgan fingerprint density at radius 2 is 2.09 bits per heavy atom. The molecule has 0 radical (unpaired) electrons. The lowest BCUT2D eigenvalue weighted by Crippen LogP contribution is -2.07. The van der Waals surface area contributed by atoms with Crippen LogP contribution in [0.4, 0.5) is 0 Å². The summed E-state index contributed by atoms with van der Waals surface area (Å²) >= 11 is 0. The molecule has 0 saturated carbocycles. The summed E-state index contributed by atoms with van der Waals surface area (Å²) in [7, 11) is 0. The van der Waals surface area contributed by atoms with E-state index in [0.29, 0.717) is 6.10 Å². The van der Waals surface area contributed by atoms with E-state index in [1.54, 1.807) is 0 Å². The predicted molar refractivity (Wildman–Crippen MR) is 49.4 cm³/mol. The molecule has 0 aliphatic heterocycles. The van der Waals surface area contributed by atoms with Crippen LogP contribution in [0, 0.1) is 0 Å².